The molecule has 2 heterocycles. The van der Waals surface area contributed by atoms with Crippen LogP contribution in [0.3, 0.4) is 0 Å². The minimum absolute atomic E-state index is 0.0202. The van der Waals surface area contributed by atoms with Gasteiger partial charge in [-0.25, -0.2) is 0 Å². The molecule has 3 unspecified atom stereocenters. The molecule has 0 aliphatic carbocycles. The summed E-state index contributed by atoms with van der Waals surface area (Å²) in [5.74, 6) is 0. The zero-order valence-electron chi connectivity index (χ0n) is 8.78. The topological polar surface area (TPSA) is 44.7 Å². The van der Waals surface area contributed by atoms with Gasteiger partial charge in [-0.2, -0.15) is 0 Å². The second-order valence-electron chi connectivity index (χ2n) is 4.33. The molecule has 2 aliphatic rings. The van der Waals surface area contributed by atoms with Crippen LogP contribution in [0.15, 0.2) is 0 Å². The summed E-state index contributed by atoms with van der Waals surface area (Å²) in [5.41, 5.74) is 0. The Hall–Kier alpha value is -0.160. The van der Waals surface area contributed by atoms with Gasteiger partial charge in [0.15, 0.2) is 0 Å². The molecule has 0 aromatic heterocycles. The van der Waals surface area contributed by atoms with Gasteiger partial charge in [-0.1, -0.05) is 0 Å². The van der Waals surface area contributed by atoms with Crippen LogP contribution in [0.4, 0.5) is 0 Å². The summed E-state index contributed by atoms with van der Waals surface area (Å²) in [7, 11) is 0. The van der Waals surface area contributed by atoms with Gasteiger partial charge in [-0.05, 0) is 19.9 Å². The van der Waals surface area contributed by atoms with E-state index in [4.69, 9.17) is 9.84 Å². The molecule has 2 rings (SSSR count). The Bertz CT molecular complexity index is 183. The number of morpholine rings is 1. The minimum Gasteiger partial charge on any atom is -0.394 e. The van der Waals surface area contributed by atoms with Crippen molar-refractivity contribution in [3.05, 3.63) is 0 Å². The number of rotatable bonds is 2. The van der Waals surface area contributed by atoms with E-state index in [9.17, 15) is 0 Å². The fourth-order valence-electron chi connectivity index (χ4n) is 2.38. The lowest BCUT2D eigenvalue weighted by Gasteiger charge is -2.40. The Labute approximate surface area is 85.2 Å². The van der Waals surface area contributed by atoms with E-state index in [0.29, 0.717) is 12.1 Å². The van der Waals surface area contributed by atoms with Gasteiger partial charge < -0.3 is 15.2 Å². The minimum atomic E-state index is 0.0202. The number of nitrogens with zero attached hydrogens (tertiary/aromatic N) is 1. The highest BCUT2D eigenvalue weighted by atomic mass is 16.5. The number of hydrogen-bond donors (Lipinski definition) is 2. The SMILES string of the molecule is CC1COC(CO)CN1C1CCNC1. The van der Waals surface area contributed by atoms with Gasteiger partial charge in [0.2, 0.25) is 0 Å². The zero-order chi connectivity index (χ0) is 9.97. The van der Waals surface area contributed by atoms with Crippen LogP contribution in [0, 0.1) is 0 Å². The third-order valence-electron chi connectivity index (χ3n) is 3.26. The zero-order valence-corrected chi connectivity index (χ0v) is 8.78. The molecule has 0 bridgehead atoms. The number of ether oxygens (including phenoxy) is 1. The van der Waals surface area contributed by atoms with Crippen molar-refractivity contribution in [2.45, 2.75) is 31.5 Å². The molecule has 0 aromatic rings. The van der Waals surface area contributed by atoms with Crippen molar-refractivity contribution in [2.75, 3.05) is 32.8 Å². The lowest BCUT2D eigenvalue weighted by atomic mass is 10.1. The van der Waals surface area contributed by atoms with Crippen LogP contribution < -0.4 is 5.32 Å². The van der Waals surface area contributed by atoms with Crippen LogP contribution in [0.1, 0.15) is 13.3 Å². The van der Waals surface area contributed by atoms with Crippen LogP contribution in [0.5, 0.6) is 0 Å². The normalized spacial score (nSPS) is 40.3. The summed E-state index contributed by atoms with van der Waals surface area (Å²) in [4.78, 5) is 2.48. The highest BCUT2D eigenvalue weighted by Crippen LogP contribution is 2.18. The van der Waals surface area contributed by atoms with E-state index in [2.05, 4.69) is 17.1 Å². The maximum Gasteiger partial charge on any atom is 0.0933 e. The predicted octanol–water partition coefficient (Wildman–Crippen LogP) is -0.570. The summed E-state index contributed by atoms with van der Waals surface area (Å²) in [6.07, 6.45) is 1.24. The van der Waals surface area contributed by atoms with Gasteiger partial charge in [0.25, 0.3) is 0 Å². The van der Waals surface area contributed by atoms with E-state index in [1.54, 1.807) is 0 Å². The summed E-state index contributed by atoms with van der Waals surface area (Å²) in [6.45, 7) is 6.18. The smallest absolute Gasteiger partial charge is 0.0933 e. The van der Waals surface area contributed by atoms with Crippen molar-refractivity contribution < 1.29 is 9.84 Å². The molecule has 0 saturated carbocycles. The first kappa shape index (κ1) is 10.4. The Morgan fingerprint density at radius 3 is 3.07 bits per heavy atom. The van der Waals surface area contributed by atoms with Gasteiger partial charge in [-0.15, -0.1) is 0 Å². The first-order valence-electron chi connectivity index (χ1n) is 5.50. The molecular weight excluding hydrogens is 180 g/mol. The number of aliphatic hydroxyl groups is 1. The van der Waals surface area contributed by atoms with E-state index in [1.165, 1.54) is 6.42 Å². The number of aliphatic hydroxyl groups excluding tert-OH is 1. The molecule has 0 aromatic carbocycles. The molecule has 14 heavy (non-hydrogen) atoms. The van der Waals surface area contributed by atoms with Crippen molar-refractivity contribution in [2.24, 2.45) is 0 Å². The Morgan fingerprint density at radius 2 is 2.43 bits per heavy atom. The van der Waals surface area contributed by atoms with Crippen molar-refractivity contribution in [1.82, 2.24) is 10.2 Å². The number of nitrogens with one attached hydrogen (secondary N) is 1. The monoisotopic (exact) mass is 200 g/mol. The molecule has 4 heteroatoms. The molecule has 82 valence electrons. The lowest BCUT2D eigenvalue weighted by molar-refractivity contribution is -0.0887. The summed E-state index contributed by atoms with van der Waals surface area (Å²) < 4.78 is 5.52. The van der Waals surface area contributed by atoms with Crippen LogP contribution in [0.2, 0.25) is 0 Å². The Kier molecular flexibility index (Phi) is 3.38. The third-order valence-corrected chi connectivity index (χ3v) is 3.26. The summed E-state index contributed by atoms with van der Waals surface area (Å²) in [6, 6.07) is 1.13. The Balaban J connectivity index is 1.93. The fraction of sp³-hybridized carbons (Fsp3) is 1.00. The molecule has 0 amide bonds. The molecule has 2 saturated heterocycles. The van der Waals surface area contributed by atoms with E-state index < -0.39 is 0 Å². The second-order valence-corrected chi connectivity index (χ2v) is 4.33. The summed E-state index contributed by atoms with van der Waals surface area (Å²) in [5, 5.41) is 12.4. The van der Waals surface area contributed by atoms with Gasteiger partial charge in [0.1, 0.15) is 0 Å². The molecule has 0 spiro atoms. The molecule has 0 radical (unpaired) electrons. The van der Waals surface area contributed by atoms with Crippen LogP contribution in [0.25, 0.3) is 0 Å². The maximum absolute atomic E-state index is 9.07. The van der Waals surface area contributed by atoms with Crippen LogP contribution in [-0.2, 0) is 4.74 Å². The molecule has 2 aliphatic heterocycles. The first-order valence-corrected chi connectivity index (χ1v) is 5.50. The van der Waals surface area contributed by atoms with E-state index in [-0.39, 0.29) is 12.7 Å². The average Bonchev–Trinajstić information content (AvgIpc) is 2.71. The van der Waals surface area contributed by atoms with Gasteiger partial charge in [-0.3, -0.25) is 4.90 Å². The maximum atomic E-state index is 9.07. The van der Waals surface area contributed by atoms with Gasteiger partial charge in [0.05, 0.1) is 19.3 Å². The molecule has 2 fully saturated rings. The van der Waals surface area contributed by atoms with Crippen LogP contribution in [-0.4, -0.2) is 61.0 Å². The average molecular weight is 200 g/mol. The van der Waals surface area contributed by atoms with E-state index in [1.807, 2.05) is 0 Å². The first-order chi connectivity index (χ1) is 6.81. The molecule has 2 N–H and O–H groups in total. The molecule has 3 atom stereocenters. The highest BCUT2D eigenvalue weighted by Gasteiger charge is 2.32. The fourth-order valence-corrected chi connectivity index (χ4v) is 2.38. The van der Waals surface area contributed by atoms with Crippen molar-refractivity contribution >= 4 is 0 Å². The molecular formula is C10H20N2O2. The van der Waals surface area contributed by atoms with Crippen molar-refractivity contribution in [3.63, 3.8) is 0 Å². The quantitative estimate of drug-likeness (QED) is 0.626. The number of hydrogen-bond acceptors (Lipinski definition) is 4. The predicted molar refractivity (Wildman–Crippen MR) is 54.3 cm³/mol. The van der Waals surface area contributed by atoms with E-state index in [0.717, 1.165) is 26.2 Å². The second kappa shape index (κ2) is 4.57. The highest BCUT2D eigenvalue weighted by molar-refractivity contribution is 4.87. The standard InChI is InChI=1S/C10H20N2O2/c1-8-7-14-10(6-13)5-12(8)9-2-3-11-4-9/h8-11,13H,2-7H2,1H3. The summed E-state index contributed by atoms with van der Waals surface area (Å²) >= 11 is 0. The third kappa shape index (κ3) is 2.08. The van der Waals surface area contributed by atoms with Gasteiger partial charge in [0, 0.05) is 25.2 Å². The van der Waals surface area contributed by atoms with Gasteiger partial charge >= 0.3 is 0 Å². The van der Waals surface area contributed by atoms with Crippen molar-refractivity contribution in [1.29, 1.82) is 0 Å². The lowest BCUT2D eigenvalue weighted by Crippen LogP contribution is -2.54. The van der Waals surface area contributed by atoms with Crippen molar-refractivity contribution in [3.8, 4) is 0 Å². The molecule has 4 nitrogen and oxygen atoms in total. The van der Waals surface area contributed by atoms with Crippen LogP contribution >= 0.6 is 0 Å². The van der Waals surface area contributed by atoms with E-state index >= 15 is 0 Å². The Morgan fingerprint density at radius 1 is 1.57 bits per heavy atom. The largest absolute Gasteiger partial charge is 0.394 e.